The number of hydrogen-bond donors (Lipinski definition) is 1. The summed E-state index contributed by atoms with van der Waals surface area (Å²) < 4.78 is 5.74. The standard InChI is InChI=1S/C18H29N3O/c1-3-19-18(21-13-5-6-14-21)20-12-4-7-15-22-17-10-8-16(2)9-11-17/h8-11H,3-7,12-15H2,1-2H3,(H,19,20). The quantitative estimate of drug-likeness (QED) is 0.477. The maximum Gasteiger partial charge on any atom is 0.193 e. The minimum Gasteiger partial charge on any atom is -0.494 e. The molecule has 122 valence electrons. The summed E-state index contributed by atoms with van der Waals surface area (Å²) >= 11 is 0. The van der Waals surface area contributed by atoms with Crippen molar-refractivity contribution in [2.24, 2.45) is 4.99 Å². The summed E-state index contributed by atoms with van der Waals surface area (Å²) in [6, 6.07) is 8.23. The van der Waals surface area contributed by atoms with Gasteiger partial charge in [-0.1, -0.05) is 17.7 Å². The summed E-state index contributed by atoms with van der Waals surface area (Å²) in [6.45, 7) is 9.07. The Morgan fingerprint density at radius 1 is 1.18 bits per heavy atom. The maximum absolute atomic E-state index is 5.74. The molecule has 0 bridgehead atoms. The van der Waals surface area contributed by atoms with Crippen molar-refractivity contribution < 1.29 is 4.74 Å². The molecule has 0 atom stereocenters. The summed E-state index contributed by atoms with van der Waals surface area (Å²) in [4.78, 5) is 7.09. The van der Waals surface area contributed by atoms with E-state index in [4.69, 9.17) is 9.73 Å². The van der Waals surface area contributed by atoms with E-state index < -0.39 is 0 Å². The third-order valence-electron chi connectivity index (χ3n) is 3.84. The maximum atomic E-state index is 5.74. The molecule has 0 unspecified atom stereocenters. The first kappa shape index (κ1) is 16.7. The number of hydrogen-bond acceptors (Lipinski definition) is 2. The first-order chi connectivity index (χ1) is 10.8. The molecule has 1 heterocycles. The van der Waals surface area contributed by atoms with Gasteiger partial charge in [0.05, 0.1) is 6.61 Å². The Morgan fingerprint density at radius 3 is 2.59 bits per heavy atom. The molecule has 22 heavy (non-hydrogen) atoms. The van der Waals surface area contributed by atoms with Gasteiger partial charge in [0, 0.05) is 26.2 Å². The Bertz CT molecular complexity index is 450. The highest BCUT2D eigenvalue weighted by Crippen LogP contribution is 2.12. The number of aryl methyl sites for hydroxylation is 1. The number of unbranched alkanes of at least 4 members (excludes halogenated alkanes) is 1. The Labute approximate surface area is 134 Å². The van der Waals surface area contributed by atoms with Gasteiger partial charge in [-0.05, 0) is 51.7 Å². The number of nitrogens with one attached hydrogen (secondary N) is 1. The van der Waals surface area contributed by atoms with Gasteiger partial charge in [-0.25, -0.2) is 0 Å². The molecule has 2 rings (SSSR count). The van der Waals surface area contributed by atoms with Gasteiger partial charge in [-0.2, -0.15) is 0 Å². The van der Waals surface area contributed by atoms with Gasteiger partial charge in [-0.3, -0.25) is 4.99 Å². The molecule has 4 nitrogen and oxygen atoms in total. The summed E-state index contributed by atoms with van der Waals surface area (Å²) in [5.74, 6) is 2.04. The van der Waals surface area contributed by atoms with Crippen LogP contribution < -0.4 is 10.1 Å². The summed E-state index contributed by atoms with van der Waals surface area (Å²) in [7, 11) is 0. The zero-order valence-electron chi connectivity index (χ0n) is 14.0. The average Bonchev–Trinajstić information content (AvgIpc) is 3.05. The Morgan fingerprint density at radius 2 is 1.91 bits per heavy atom. The van der Waals surface area contributed by atoms with Gasteiger partial charge in [0.1, 0.15) is 5.75 Å². The average molecular weight is 303 g/mol. The lowest BCUT2D eigenvalue weighted by Crippen LogP contribution is -2.39. The van der Waals surface area contributed by atoms with E-state index in [1.165, 1.54) is 18.4 Å². The van der Waals surface area contributed by atoms with Crippen LogP contribution in [-0.2, 0) is 0 Å². The summed E-state index contributed by atoms with van der Waals surface area (Å²) in [5, 5.41) is 3.39. The van der Waals surface area contributed by atoms with E-state index >= 15 is 0 Å². The van der Waals surface area contributed by atoms with Crippen molar-refractivity contribution in [1.29, 1.82) is 0 Å². The van der Waals surface area contributed by atoms with Crippen molar-refractivity contribution in [1.82, 2.24) is 10.2 Å². The minimum absolute atomic E-state index is 0.763. The molecule has 4 heteroatoms. The van der Waals surface area contributed by atoms with E-state index in [2.05, 4.69) is 36.2 Å². The predicted molar refractivity (Wildman–Crippen MR) is 92.7 cm³/mol. The van der Waals surface area contributed by atoms with Gasteiger partial charge in [0.2, 0.25) is 0 Å². The highest BCUT2D eigenvalue weighted by Gasteiger charge is 2.14. The van der Waals surface area contributed by atoms with Crippen LogP contribution in [-0.4, -0.2) is 43.6 Å². The van der Waals surface area contributed by atoms with Gasteiger partial charge in [-0.15, -0.1) is 0 Å². The molecule has 0 aromatic heterocycles. The van der Waals surface area contributed by atoms with E-state index in [1.54, 1.807) is 0 Å². The first-order valence-electron chi connectivity index (χ1n) is 8.52. The Kier molecular flexibility index (Phi) is 7.07. The SMILES string of the molecule is CCNC(=NCCCCOc1ccc(C)cc1)N1CCCC1. The van der Waals surface area contributed by atoms with Crippen molar-refractivity contribution >= 4 is 5.96 Å². The number of guanidine groups is 1. The van der Waals surface area contributed by atoms with Crippen LogP contribution >= 0.6 is 0 Å². The zero-order valence-corrected chi connectivity index (χ0v) is 14.0. The number of likely N-dealkylation sites (tertiary alicyclic amines) is 1. The smallest absolute Gasteiger partial charge is 0.193 e. The van der Waals surface area contributed by atoms with Gasteiger partial charge < -0.3 is 15.0 Å². The fourth-order valence-corrected chi connectivity index (χ4v) is 2.58. The predicted octanol–water partition coefficient (Wildman–Crippen LogP) is 3.22. The second-order valence-electron chi connectivity index (χ2n) is 5.80. The van der Waals surface area contributed by atoms with Crippen molar-refractivity contribution in [2.45, 2.75) is 39.5 Å². The molecule has 1 aromatic carbocycles. The van der Waals surface area contributed by atoms with Crippen LogP contribution in [0, 0.1) is 6.92 Å². The summed E-state index contributed by atoms with van der Waals surface area (Å²) in [5.41, 5.74) is 1.26. The van der Waals surface area contributed by atoms with Crippen LogP contribution in [0.1, 0.15) is 38.2 Å². The van der Waals surface area contributed by atoms with Crippen LogP contribution in [0.25, 0.3) is 0 Å². The number of benzene rings is 1. The van der Waals surface area contributed by atoms with Gasteiger partial charge in [0.25, 0.3) is 0 Å². The second kappa shape index (κ2) is 9.34. The van der Waals surface area contributed by atoms with E-state index in [0.29, 0.717) is 0 Å². The van der Waals surface area contributed by atoms with Crippen molar-refractivity contribution in [3.8, 4) is 5.75 Å². The van der Waals surface area contributed by atoms with E-state index in [1.807, 2.05) is 12.1 Å². The molecule has 0 radical (unpaired) electrons. The normalized spacial score (nSPS) is 15.2. The third-order valence-corrected chi connectivity index (χ3v) is 3.84. The molecule has 0 amide bonds. The van der Waals surface area contributed by atoms with E-state index in [0.717, 1.165) is 57.3 Å². The molecular formula is C18H29N3O. The van der Waals surface area contributed by atoms with Crippen molar-refractivity contribution in [3.05, 3.63) is 29.8 Å². The Balaban J connectivity index is 1.64. The fourth-order valence-electron chi connectivity index (χ4n) is 2.58. The van der Waals surface area contributed by atoms with Crippen molar-refractivity contribution in [2.75, 3.05) is 32.8 Å². The molecule has 1 aliphatic rings. The van der Waals surface area contributed by atoms with Crippen LogP contribution in [0.4, 0.5) is 0 Å². The monoisotopic (exact) mass is 303 g/mol. The largest absolute Gasteiger partial charge is 0.494 e. The lowest BCUT2D eigenvalue weighted by Gasteiger charge is -2.20. The molecule has 1 saturated heterocycles. The number of rotatable bonds is 7. The molecule has 1 fully saturated rings. The molecule has 0 saturated carbocycles. The summed E-state index contributed by atoms with van der Waals surface area (Å²) in [6.07, 6.45) is 4.68. The second-order valence-corrected chi connectivity index (χ2v) is 5.80. The van der Waals surface area contributed by atoms with Gasteiger partial charge >= 0.3 is 0 Å². The highest BCUT2D eigenvalue weighted by molar-refractivity contribution is 5.80. The topological polar surface area (TPSA) is 36.9 Å². The highest BCUT2D eigenvalue weighted by atomic mass is 16.5. The number of ether oxygens (including phenoxy) is 1. The minimum atomic E-state index is 0.763. The lowest BCUT2D eigenvalue weighted by atomic mass is 10.2. The number of aliphatic imine (C=N–C) groups is 1. The molecule has 0 aliphatic carbocycles. The molecular weight excluding hydrogens is 274 g/mol. The molecule has 1 aliphatic heterocycles. The van der Waals surface area contributed by atoms with Crippen molar-refractivity contribution in [3.63, 3.8) is 0 Å². The van der Waals surface area contributed by atoms with Crippen LogP contribution in [0.5, 0.6) is 5.75 Å². The molecule has 1 N–H and O–H groups in total. The Hall–Kier alpha value is -1.71. The van der Waals surface area contributed by atoms with Gasteiger partial charge in [0.15, 0.2) is 5.96 Å². The number of nitrogens with zero attached hydrogens (tertiary/aromatic N) is 2. The van der Waals surface area contributed by atoms with Crippen LogP contribution in [0.3, 0.4) is 0 Å². The zero-order chi connectivity index (χ0) is 15.6. The van der Waals surface area contributed by atoms with E-state index in [9.17, 15) is 0 Å². The molecule has 1 aromatic rings. The fraction of sp³-hybridized carbons (Fsp3) is 0.611. The van der Waals surface area contributed by atoms with Crippen LogP contribution in [0.15, 0.2) is 29.3 Å². The van der Waals surface area contributed by atoms with Crippen LogP contribution in [0.2, 0.25) is 0 Å². The molecule has 0 spiro atoms. The first-order valence-corrected chi connectivity index (χ1v) is 8.52. The van der Waals surface area contributed by atoms with E-state index in [-0.39, 0.29) is 0 Å². The third kappa shape index (κ3) is 5.58. The lowest BCUT2D eigenvalue weighted by molar-refractivity contribution is 0.307.